The van der Waals surface area contributed by atoms with Gasteiger partial charge in [0.1, 0.15) is 11.5 Å². The van der Waals surface area contributed by atoms with E-state index in [0.717, 1.165) is 22.6 Å². The highest BCUT2D eigenvalue weighted by molar-refractivity contribution is 5.89. The minimum atomic E-state index is 0.148. The summed E-state index contributed by atoms with van der Waals surface area (Å²) in [6, 6.07) is 17.4. The molecule has 3 heteroatoms. The monoisotopic (exact) mass is 293 g/mol. The number of nitriles is 1. The molecule has 0 bridgehead atoms. The zero-order chi connectivity index (χ0) is 15.9. The maximum absolute atomic E-state index is 9.37. The lowest BCUT2D eigenvalue weighted by Gasteiger charge is -2.09. The van der Waals surface area contributed by atoms with Crippen molar-refractivity contribution in [3.63, 3.8) is 0 Å². The number of nitrogens with zero attached hydrogens (tertiary/aromatic N) is 1. The predicted octanol–water partition coefficient (Wildman–Crippen LogP) is 4.55. The van der Waals surface area contributed by atoms with Gasteiger partial charge in [0.2, 0.25) is 0 Å². The highest BCUT2D eigenvalue weighted by atomic mass is 16.5. The summed E-state index contributed by atoms with van der Waals surface area (Å²) in [5.74, 6) is 1.60. The maximum Gasteiger partial charge on any atom is 0.119 e. The summed E-state index contributed by atoms with van der Waals surface area (Å²) in [6.07, 6.45) is 2.01. The van der Waals surface area contributed by atoms with Gasteiger partial charge in [-0.15, -0.1) is 0 Å². The van der Waals surface area contributed by atoms with Gasteiger partial charge in [-0.05, 0) is 67.4 Å². The molecule has 0 heterocycles. The van der Waals surface area contributed by atoms with E-state index in [1.165, 1.54) is 0 Å². The molecular weight excluding hydrogens is 274 g/mol. The molecule has 0 unspecified atom stereocenters. The van der Waals surface area contributed by atoms with Crippen molar-refractivity contribution in [2.45, 2.75) is 20.0 Å². The molecular formula is C19H19NO2. The summed E-state index contributed by atoms with van der Waals surface area (Å²) in [6.45, 7) is 3.98. The van der Waals surface area contributed by atoms with E-state index in [4.69, 9.17) is 9.47 Å². The van der Waals surface area contributed by atoms with Gasteiger partial charge in [0.15, 0.2) is 0 Å². The molecule has 0 atom stereocenters. The summed E-state index contributed by atoms with van der Waals surface area (Å²) < 4.78 is 10.7. The maximum atomic E-state index is 9.37. The van der Waals surface area contributed by atoms with Gasteiger partial charge < -0.3 is 9.47 Å². The lowest BCUT2D eigenvalue weighted by Crippen LogP contribution is -2.05. The fraction of sp³-hybridized carbons (Fsp3) is 0.211. The van der Waals surface area contributed by atoms with Crippen LogP contribution < -0.4 is 9.47 Å². The molecule has 0 N–H and O–H groups in total. The van der Waals surface area contributed by atoms with Crippen LogP contribution in [0, 0.1) is 11.3 Å². The molecule has 0 saturated carbocycles. The van der Waals surface area contributed by atoms with Crippen LogP contribution in [0.4, 0.5) is 0 Å². The van der Waals surface area contributed by atoms with Crippen molar-refractivity contribution in [2.75, 3.05) is 7.11 Å². The van der Waals surface area contributed by atoms with Gasteiger partial charge >= 0.3 is 0 Å². The molecule has 0 aliphatic rings. The van der Waals surface area contributed by atoms with Crippen LogP contribution in [0.1, 0.15) is 25.0 Å². The van der Waals surface area contributed by atoms with Crippen molar-refractivity contribution in [1.82, 2.24) is 0 Å². The zero-order valence-electron chi connectivity index (χ0n) is 13.0. The van der Waals surface area contributed by atoms with Gasteiger partial charge in [-0.1, -0.05) is 12.1 Å². The number of allylic oxidation sites excluding steroid dienone is 1. The highest BCUT2D eigenvalue weighted by Crippen LogP contribution is 2.22. The Morgan fingerprint density at radius 3 is 2.09 bits per heavy atom. The Balaban J connectivity index is 2.22. The van der Waals surface area contributed by atoms with E-state index >= 15 is 0 Å². The largest absolute Gasteiger partial charge is 0.497 e. The number of rotatable bonds is 5. The molecule has 112 valence electrons. The van der Waals surface area contributed by atoms with Gasteiger partial charge in [0.05, 0.1) is 24.9 Å². The third-order valence-electron chi connectivity index (χ3n) is 3.08. The standard InChI is InChI=1S/C19H19NO2/c1-14(2)22-19-8-4-15(5-9-19)12-17(13-20)16-6-10-18(21-3)11-7-16/h4-12,14H,1-3H3/b17-12+. The molecule has 2 aromatic carbocycles. The molecule has 0 aliphatic heterocycles. The Morgan fingerprint density at radius 1 is 1.00 bits per heavy atom. The predicted molar refractivity (Wildman–Crippen MR) is 88.7 cm³/mol. The number of ether oxygens (including phenoxy) is 2. The summed E-state index contributed by atoms with van der Waals surface area (Å²) in [5, 5.41) is 9.37. The fourth-order valence-electron chi connectivity index (χ4n) is 2.03. The second-order valence-electron chi connectivity index (χ2n) is 5.13. The van der Waals surface area contributed by atoms with Gasteiger partial charge in [-0.3, -0.25) is 0 Å². The van der Waals surface area contributed by atoms with Gasteiger partial charge in [0.25, 0.3) is 0 Å². The van der Waals surface area contributed by atoms with Gasteiger partial charge in [0, 0.05) is 0 Å². The van der Waals surface area contributed by atoms with E-state index < -0.39 is 0 Å². The van der Waals surface area contributed by atoms with E-state index in [-0.39, 0.29) is 6.10 Å². The summed E-state index contributed by atoms with van der Waals surface area (Å²) >= 11 is 0. The summed E-state index contributed by atoms with van der Waals surface area (Å²) in [7, 11) is 1.62. The van der Waals surface area contributed by atoms with Crippen LogP contribution in [-0.2, 0) is 0 Å². The van der Waals surface area contributed by atoms with E-state index in [1.807, 2.05) is 68.5 Å². The third-order valence-corrected chi connectivity index (χ3v) is 3.08. The number of benzene rings is 2. The van der Waals surface area contributed by atoms with Crippen molar-refractivity contribution < 1.29 is 9.47 Å². The lowest BCUT2D eigenvalue weighted by molar-refractivity contribution is 0.242. The van der Waals surface area contributed by atoms with Crippen LogP contribution >= 0.6 is 0 Å². The van der Waals surface area contributed by atoms with Gasteiger partial charge in [-0.25, -0.2) is 0 Å². The average molecular weight is 293 g/mol. The smallest absolute Gasteiger partial charge is 0.119 e. The first kappa shape index (κ1) is 15.7. The molecule has 0 aromatic heterocycles. The Labute approximate surface area is 131 Å². The van der Waals surface area contributed by atoms with E-state index in [2.05, 4.69) is 6.07 Å². The van der Waals surface area contributed by atoms with Crippen molar-refractivity contribution >= 4 is 11.6 Å². The van der Waals surface area contributed by atoms with E-state index in [1.54, 1.807) is 7.11 Å². The SMILES string of the molecule is COc1ccc(/C(C#N)=C/c2ccc(OC(C)C)cc2)cc1. The van der Waals surface area contributed by atoms with Crippen LogP contribution in [-0.4, -0.2) is 13.2 Å². The van der Waals surface area contributed by atoms with Crippen LogP contribution in [0.3, 0.4) is 0 Å². The molecule has 0 saturated heterocycles. The third kappa shape index (κ3) is 4.13. The molecule has 0 fully saturated rings. The van der Waals surface area contributed by atoms with Crippen LogP contribution in [0.25, 0.3) is 11.6 Å². The first-order valence-corrected chi connectivity index (χ1v) is 7.15. The first-order chi connectivity index (χ1) is 10.6. The Bertz CT molecular complexity index is 677. The highest BCUT2D eigenvalue weighted by Gasteiger charge is 2.02. The molecule has 0 spiro atoms. The number of hydrogen-bond donors (Lipinski definition) is 0. The topological polar surface area (TPSA) is 42.2 Å². The Kier molecular flexibility index (Phi) is 5.21. The second-order valence-corrected chi connectivity index (χ2v) is 5.13. The zero-order valence-corrected chi connectivity index (χ0v) is 13.0. The van der Waals surface area contributed by atoms with Crippen molar-refractivity contribution in [3.05, 3.63) is 59.7 Å². The quantitative estimate of drug-likeness (QED) is 0.600. The fourth-order valence-corrected chi connectivity index (χ4v) is 2.03. The molecule has 2 rings (SSSR count). The van der Waals surface area contributed by atoms with Gasteiger partial charge in [-0.2, -0.15) is 5.26 Å². The van der Waals surface area contributed by atoms with Crippen molar-refractivity contribution in [2.24, 2.45) is 0 Å². The first-order valence-electron chi connectivity index (χ1n) is 7.15. The molecule has 2 aromatic rings. The lowest BCUT2D eigenvalue weighted by atomic mass is 10.0. The Morgan fingerprint density at radius 2 is 1.59 bits per heavy atom. The molecule has 0 radical (unpaired) electrons. The molecule has 0 amide bonds. The average Bonchev–Trinajstić information content (AvgIpc) is 2.54. The normalized spacial score (nSPS) is 11.1. The van der Waals surface area contributed by atoms with Crippen molar-refractivity contribution in [1.29, 1.82) is 5.26 Å². The Hall–Kier alpha value is -2.73. The summed E-state index contributed by atoms with van der Waals surface area (Å²) in [5.41, 5.74) is 2.44. The number of hydrogen-bond acceptors (Lipinski definition) is 3. The molecule has 22 heavy (non-hydrogen) atoms. The van der Waals surface area contributed by atoms with Crippen LogP contribution in [0.15, 0.2) is 48.5 Å². The van der Waals surface area contributed by atoms with Crippen molar-refractivity contribution in [3.8, 4) is 17.6 Å². The summed E-state index contributed by atoms with van der Waals surface area (Å²) in [4.78, 5) is 0. The molecule has 0 aliphatic carbocycles. The van der Waals surface area contributed by atoms with E-state index in [9.17, 15) is 5.26 Å². The number of methoxy groups -OCH3 is 1. The van der Waals surface area contributed by atoms with E-state index in [0.29, 0.717) is 5.57 Å². The van der Waals surface area contributed by atoms with Crippen LogP contribution in [0.2, 0.25) is 0 Å². The van der Waals surface area contributed by atoms with Crippen LogP contribution in [0.5, 0.6) is 11.5 Å². The molecule has 3 nitrogen and oxygen atoms in total. The second kappa shape index (κ2) is 7.33. The minimum absolute atomic E-state index is 0.148. The minimum Gasteiger partial charge on any atom is -0.497 e.